The van der Waals surface area contributed by atoms with Gasteiger partial charge >= 0.3 is 12.1 Å². The van der Waals surface area contributed by atoms with E-state index in [-0.39, 0.29) is 42.0 Å². The van der Waals surface area contributed by atoms with E-state index in [4.69, 9.17) is 20.9 Å². The van der Waals surface area contributed by atoms with Gasteiger partial charge in [-0.25, -0.2) is 13.6 Å². The number of hydrogen-bond donors (Lipinski definition) is 0. The Morgan fingerprint density at radius 3 is 2.59 bits per heavy atom. The third-order valence-electron chi connectivity index (χ3n) is 10.6. The maximum Gasteiger partial charge on any atom is 0.410 e. The zero-order valence-corrected chi connectivity index (χ0v) is 28.1. The Kier molecular flexibility index (Phi) is 7.63. The fraction of sp³-hybridized carbons (Fsp3) is 0.474. The van der Waals surface area contributed by atoms with Gasteiger partial charge in [-0.05, 0) is 64.5 Å². The lowest BCUT2D eigenvalue weighted by Gasteiger charge is -2.42. The highest BCUT2D eigenvalue weighted by atomic mass is 19.1. The molecule has 6 heterocycles. The molecule has 2 bridgehead atoms. The van der Waals surface area contributed by atoms with Gasteiger partial charge in [-0.1, -0.05) is 36.3 Å². The van der Waals surface area contributed by atoms with Crippen molar-refractivity contribution >= 4 is 33.6 Å². The highest BCUT2D eigenvalue weighted by Gasteiger charge is 2.50. The Hall–Kier alpha value is -4.56. The summed E-state index contributed by atoms with van der Waals surface area (Å²) in [6, 6.07) is 11.1. The molecule has 0 N–H and O–H groups in total. The first-order valence-electron chi connectivity index (χ1n) is 17.2. The lowest BCUT2D eigenvalue weighted by atomic mass is 9.95. The van der Waals surface area contributed by atoms with Gasteiger partial charge < -0.3 is 14.4 Å². The molecule has 4 fully saturated rings. The van der Waals surface area contributed by atoms with E-state index in [2.05, 4.69) is 25.7 Å². The van der Waals surface area contributed by atoms with Crippen molar-refractivity contribution in [1.29, 1.82) is 0 Å². The number of carbonyl (C=O) groups excluding carboxylic acids is 1. The SMILES string of the molecule is C#Cc1cccc2cccc(-c3ncc4c(N5C[C@H]6CC[C@@H](C5)N6C(=O)OC(C)(C)C)nc(OC[C@]56CCCN5C[C@@H](F)C6)nc4c3F)c12. The fourth-order valence-electron chi connectivity index (χ4n) is 8.51. The Labute approximate surface area is 284 Å². The second-order valence-corrected chi connectivity index (χ2v) is 14.9. The van der Waals surface area contributed by atoms with E-state index >= 15 is 4.39 Å². The molecule has 4 aromatic rings. The molecule has 254 valence electrons. The van der Waals surface area contributed by atoms with Crippen LogP contribution in [-0.4, -0.2) is 93.0 Å². The molecule has 9 nitrogen and oxygen atoms in total. The van der Waals surface area contributed by atoms with Crippen LogP contribution < -0.4 is 9.64 Å². The molecule has 1 amide bonds. The first-order chi connectivity index (χ1) is 23.5. The van der Waals surface area contributed by atoms with Crippen LogP contribution in [0.1, 0.15) is 58.4 Å². The number of amides is 1. The van der Waals surface area contributed by atoms with Crippen LogP contribution >= 0.6 is 0 Å². The number of alkyl halides is 1. The van der Waals surface area contributed by atoms with Crippen LogP contribution in [0.3, 0.4) is 0 Å². The first-order valence-corrected chi connectivity index (χ1v) is 17.2. The standard InChI is InChI=1S/C38H40F2N6O3/c1-5-23-9-6-10-24-11-7-12-28(30(23)24)32-31(40)33-29(18-41-32)34(43-35(42-33)48-22-38-15-8-16-45(38)19-25(39)17-38)44-20-26-13-14-27(21-44)46(26)36(47)49-37(2,3)4/h1,6-7,9-12,18,25-27H,8,13-17,19-22H2,2-4H3/t25-,26-,27+,38+/m0/s1. The summed E-state index contributed by atoms with van der Waals surface area (Å²) < 4.78 is 43.6. The number of ether oxygens (including phenoxy) is 2. The molecule has 0 radical (unpaired) electrons. The second kappa shape index (κ2) is 11.8. The van der Waals surface area contributed by atoms with Crippen molar-refractivity contribution in [3.8, 4) is 29.6 Å². The molecule has 0 saturated carbocycles. The maximum absolute atomic E-state index is 16.9. The second-order valence-electron chi connectivity index (χ2n) is 14.9. The smallest absolute Gasteiger partial charge is 0.410 e. The number of carbonyl (C=O) groups is 1. The molecular weight excluding hydrogens is 626 g/mol. The average Bonchev–Trinajstić information content (AvgIpc) is 3.69. The van der Waals surface area contributed by atoms with Crippen LogP contribution in [0.5, 0.6) is 6.01 Å². The minimum Gasteiger partial charge on any atom is -0.461 e. The van der Waals surface area contributed by atoms with Crippen LogP contribution in [0.15, 0.2) is 42.6 Å². The number of anilines is 1. The number of benzene rings is 2. The number of pyridine rings is 1. The van der Waals surface area contributed by atoms with Gasteiger partial charge in [-0.2, -0.15) is 9.97 Å². The van der Waals surface area contributed by atoms with Gasteiger partial charge in [0, 0.05) is 48.8 Å². The first kappa shape index (κ1) is 31.7. The van der Waals surface area contributed by atoms with Crippen molar-refractivity contribution in [2.45, 2.75) is 82.3 Å². The molecule has 0 spiro atoms. The molecule has 2 aromatic heterocycles. The van der Waals surface area contributed by atoms with Crippen LogP contribution in [0.25, 0.3) is 32.9 Å². The molecule has 49 heavy (non-hydrogen) atoms. The molecule has 11 heteroatoms. The lowest BCUT2D eigenvalue weighted by molar-refractivity contribution is 0.0122. The highest BCUT2D eigenvalue weighted by Crippen LogP contribution is 2.42. The Morgan fingerprint density at radius 2 is 1.86 bits per heavy atom. The molecular formula is C38H40F2N6O3. The lowest BCUT2D eigenvalue weighted by Crippen LogP contribution is -2.57. The minimum atomic E-state index is -0.909. The number of aromatic nitrogens is 3. The third kappa shape index (κ3) is 5.50. The van der Waals surface area contributed by atoms with Gasteiger partial charge in [0.25, 0.3) is 0 Å². The predicted octanol–water partition coefficient (Wildman–Crippen LogP) is 6.51. The van der Waals surface area contributed by atoms with Gasteiger partial charge in [0.15, 0.2) is 5.82 Å². The minimum absolute atomic E-state index is 0.0336. The summed E-state index contributed by atoms with van der Waals surface area (Å²) >= 11 is 0. The monoisotopic (exact) mass is 666 g/mol. The summed E-state index contributed by atoms with van der Waals surface area (Å²) in [6.07, 6.45) is 10.1. The van der Waals surface area contributed by atoms with Crippen molar-refractivity contribution in [3.05, 3.63) is 54.0 Å². The van der Waals surface area contributed by atoms with Crippen LogP contribution in [0.4, 0.5) is 19.4 Å². The molecule has 0 unspecified atom stereocenters. The third-order valence-corrected chi connectivity index (χ3v) is 10.6. The number of rotatable bonds is 5. The van der Waals surface area contributed by atoms with Crippen LogP contribution in [0, 0.1) is 18.2 Å². The molecule has 4 atom stereocenters. The van der Waals surface area contributed by atoms with Crippen molar-refractivity contribution in [3.63, 3.8) is 0 Å². The van der Waals surface area contributed by atoms with Crippen LogP contribution in [-0.2, 0) is 4.74 Å². The van der Waals surface area contributed by atoms with Gasteiger partial charge in [0.2, 0.25) is 0 Å². The van der Waals surface area contributed by atoms with Crippen molar-refractivity contribution in [2.24, 2.45) is 0 Å². The zero-order chi connectivity index (χ0) is 34.1. The van der Waals surface area contributed by atoms with Gasteiger partial charge in [0.1, 0.15) is 35.4 Å². The number of terminal acetylenes is 1. The Morgan fingerprint density at radius 1 is 1.10 bits per heavy atom. The van der Waals surface area contributed by atoms with Crippen molar-refractivity contribution in [2.75, 3.05) is 37.7 Å². The Balaban J connectivity index is 1.21. The fourth-order valence-corrected chi connectivity index (χ4v) is 8.51. The van der Waals surface area contributed by atoms with Gasteiger partial charge in [-0.3, -0.25) is 14.8 Å². The zero-order valence-electron chi connectivity index (χ0n) is 28.1. The molecule has 2 aromatic carbocycles. The number of hydrogen-bond acceptors (Lipinski definition) is 8. The summed E-state index contributed by atoms with van der Waals surface area (Å²) in [5.41, 5.74) is 0.387. The van der Waals surface area contributed by atoms with Gasteiger partial charge in [0.05, 0.1) is 23.0 Å². The molecule has 0 aliphatic carbocycles. The average molecular weight is 667 g/mol. The summed E-state index contributed by atoms with van der Waals surface area (Å²) in [4.78, 5) is 33.5. The topological polar surface area (TPSA) is 83.9 Å². The van der Waals surface area contributed by atoms with Crippen LogP contribution in [0.2, 0.25) is 0 Å². The predicted molar refractivity (Wildman–Crippen MR) is 184 cm³/mol. The number of fused-ring (bicyclic) bond motifs is 5. The molecule has 4 aliphatic heterocycles. The summed E-state index contributed by atoms with van der Waals surface area (Å²) in [5, 5.41) is 2.06. The highest BCUT2D eigenvalue weighted by molar-refractivity contribution is 6.02. The number of piperazine rings is 1. The maximum atomic E-state index is 16.9. The summed E-state index contributed by atoms with van der Waals surface area (Å²) in [7, 11) is 0. The Bertz CT molecular complexity index is 1990. The van der Waals surface area contributed by atoms with E-state index in [0.717, 1.165) is 43.0 Å². The number of halogens is 2. The van der Waals surface area contributed by atoms with Crippen molar-refractivity contribution < 1.29 is 23.0 Å². The molecule has 4 aliphatic rings. The van der Waals surface area contributed by atoms with E-state index in [1.807, 2.05) is 62.1 Å². The van der Waals surface area contributed by atoms with E-state index in [1.54, 1.807) is 6.20 Å². The molecule has 4 saturated heterocycles. The normalized spacial score (nSPS) is 25.2. The quantitative estimate of drug-likeness (QED) is 0.223. The van der Waals surface area contributed by atoms with Crippen molar-refractivity contribution in [1.82, 2.24) is 24.8 Å². The van der Waals surface area contributed by atoms with E-state index in [0.29, 0.717) is 48.4 Å². The van der Waals surface area contributed by atoms with E-state index in [9.17, 15) is 9.18 Å². The van der Waals surface area contributed by atoms with E-state index in [1.165, 1.54) is 0 Å². The largest absolute Gasteiger partial charge is 0.461 e. The summed E-state index contributed by atoms with van der Waals surface area (Å²) in [5.74, 6) is 2.62. The number of nitrogens with zero attached hydrogens (tertiary/aromatic N) is 6. The van der Waals surface area contributed by atoms with Gasteiger partial charge in [-0.15, -0.1) is 6.42 Å². The van der Waals surface area contributed by atoms with E-state index < -0.39 is 23.1 Å². The molecule has 8 rings (SSSR count). The summed E-state index contributed by atoms with van der Waals surface area (Å²) in [6.45, 7) is 8.00.